The molecule has 0 unspecified atom stereocenters. The number of nitrogens with zero attached hydrogens (tertiary/aromatic N) is 2. The van der Waals surface area contributed by atoms with Crippen LogP contribution in [0.1, 0.15) is 32.6 Å². The summed E-state index contributed by atoms with van der Waals surface area (Å²) < 4.78 is 0. The van der Waals surface area contributed by atoms with Crippen molar-refractivity contribution in [3.05, 3.63) is 94.5 Å². The maximum Gasteiger partial charge on any atom is 0.407 e. The summed E-state index contributed by atoms with van der Waals surface area (Å²) in [6, 6.07) is 20.6. The lowest BCUT2D eigenvalue weighted by atomic mass is 9.99. The highest BCUT2D eigenvalue weighted by molar-refractivity contribution is 6.04. The fourth-order valence-electron chi connectivity index (χ4n) is 3.81. The van der Waals surface area contributed by atoms with Gasteiger partial charge in [-0.3, -0.25) is 4.79 Å². The molecule has 0 fully saturated rings. The Morgan fingerprint density at radius 3 is 2.46 bits per heavy atom. The number of anilines is 2. The minimum Gasteiger partial charge on any atom is -0.465 e. The summed E-state index contributed by atoms with van der Waals surface area (Å²) in [6.07, 6.45) is -0.315. The second kappa shape index (κ2) is 10.4. The molecule has 9 nitrogen and oxygen atoms in total. The molecule has 9 heteroatoms. The van der Waals surface area contributed by atoms with E-state index in [1.54, 1.807) is 54.6 Å². The number of carbonyl (C=O) groups excluding carboxylic acids is 2. The molecule has 0 bridgehead atoms. The van der Waals surface area contributed by atoms with Crippen LogP contribution in [0.3, 0.4) is 0 Å². The lowest BCUT2D eigenvalue weighted by Crippen LogP contribution is -2.34. The quantitative estimate of drug-likeness (QED) is 0.445. The maximum atomic E-state index is 12.8. The molecule has 3 aromatic carbocycles. The van der Waals surface area contributed by atoms with E-state index in [1.165, 1.54) is 4.90 Å². The van der Waals surface area contributed by atoms with E-state index in [-0.39, 0.29) is 12.5 Å². The molecule has 0 spiro atoms. The molecule has 0 aliphatic carbocycles. The molecule has 4 amide bonds. The Balaban J connectivity index is 1.35. The number of amides is 4. The molecule has 1 heterocycles. The zero-order chi connectivity index (χ0) is 24.8. The highest BCUT2D eigenvalue weighted by Gasteiger charge is 2.20. The van der Waals surface area contributed by atoms with E-state index in [2.05, 4.69) is 16.0 Å². The molecular formula is C26H23N5O4. The monoisotopic (exact) mass is 469 g/mol. The average Bonchev–Trinajstić information content (AvgIpc) is 2.87. The first-order chi connectivity index (χ1) is 16.9. The number of carbonyl (C=O) groups is 3. The number of urea groups is 1. The molecule has 3 aromatic rings. The number of nitriles is 1. The van der Waals surface area contributed by atoms with E-state index in [9.17, 15) is 19.5 Å². The molecular weight excluding hydrogens is 446 g/mol. The van der Waals surface area contributed by atoms with Crippen LogP contribution in [0.5, 0.6) is 0 Å². The van der Waals surface area contributed by atoms with Crippen molar-refractivity contribution in [1.29, 1.82) is 5.26 Å². The molecule has 4 N–H and O–H groups in total. The molecule has 0 saturated heterocycles. The van der Waals surface area contributed by atoms with Crippen molar-refractivity contribution in [3.8, 4) is 6.07 Å². The minimum absolute atomic E-state index is 0.215. The van der Waals surface area contributed by atoms with Crippen molar-refractivity contribution in [2.45, 2.75) is 19.5 Å². The van der Waals surface area contributed by atoms with Gasteiger partial charge in [0.15, 0.2) is 0 Å². The third kappa shape index (κ3) is 5.94. The normalized spacial score (nSPS) is 12.1. The second-order valence-corrected chi connectivity index (χ2v) is 8.09. The molecule has 1 aliphatic rings. The highest BCUT2D eigenvalue weighted by atomic mass is 16.4. The standard InChI is InChI=1S/C26H23N5O4/c27-14-17-4-7-22(8-5-17)30-25(33)28-15-18-2-1-3-20(12-18)24(32)29-23-9-6-19-10-11-31(26(34)35)16-21(19)13-23/h1-9,12-13H,10-11,15-16H2,(H,29,32)(H,34,35)(H2,28,30,33). The summed E-state index contributed by atoms with van der Waals surface area (Å²) in [6.45, 7) is 0.966. The number of rotatable bonds is 5. The van der Waals surface area contributed by atoms with Crippen molar-refractivity contribution in [1.82, 2.24) is 10.2 Å². The van der Waals surface area contributed by atoms with Gasteiger partial charge in [0.2, 0.25) is 0 Å². The summed E-state index contributed by atoms with van der Waals surface area (Å²) >= 11 is 0. The number of benzene rings is 3. The van der Waals surface area contributed by atoms with E-state index in [4.69, 9.17) is 5.26 Å². The van der Waals surface area contributed by atoms with Gasteiger partial charge < -0.3 is 26.0 Å². The Labute approximate surface area is 202 Å². The number of hydrogen-bond donors (Lipinski definition) is 4. The minimum atomic E-state index is -0.957. The molecule has 0 atom stereocenters. The van der Waals surface area contributed by atoms with Crippen LogP contribution in [0.2, 0.25) is 0 Å². The number of nitrogens with one attached hydrogen (secondary N) is 3. The number of hydrogen-bond acceptors (Lipinski definition) is 4. The summed E-state index contributed by atoms with van der Waals surface area (Å²) in [4.78, 5) is 37.6. The molecule has 0 saturated carbocycles. The van der Waals surface area contributed by atoms with Crippen molar-refractivity contribution in [2.75, 3.05) is 17.2 Å². The van der Waals surface area contributed by atoms with E-state index in [0.717, 1.165) is 16.7 Å². The summed E-state index contributed by atoms with van der Waals surface area (Å²) in [5, 5.41) is 26.4. The third-order valence-electron chi connectivity index (χ3n) is 5.66. The van der Waals surface area contributed by atoms with Gasteiger partial charge in [0, 0.05) is 36.6 Å². The van der Waals surface area contributed by atoms with E-state index in [0.29, 0.717) is 42.0 Å². The van der Waals surface area contributed by atoms with Crippen LogP contribution in [0, 0.1) is 11.3 Å². The van der Waals surface area contributed by atoms with Crippen LogP contribution in [-0.4, -0.2) is 34.6 Å². The fourth-order valence-corrected chi connectivity index (χ4v) is 3.81. The Bertz CT molecular complexity index is 1310. The van der Waals surface area contributed by atoms with Gasteiger partial charge in [-0.05, 0) is 71.6 Å². The first kappa shape index (κ1) is 23.3. The maximum absolute atomic E-state index is 12.8. The van der Waals surface area contributed by atoms with Crippen LogP contribution in [0.15, 0.2) is 66.7 Å². The average molecular weight is 470 g/mol. The van der Waals surface area contributed by atoms with Gasteiger partial charge >= 0.3 is 12.1 Å². The van der Waals surface area contributed by atoms with Crippen molar-refractivity contribution >= 4 is 29.4 Å². The van der Waals surface area contributed by atoms with Crippen LogP contribution < -0.4 is 16.0 Å². The van der Waals surface area contributed by atoms with Crippen LogP contribution in [-0.2, 0) is 19.5 Å². The van der Waals surface area contributed by atoms with Gasteiger partial charge in [0.25, 0.3) is 5.91 Å². The van der Waals surface area contributed by atoms with Gasteiger partial charge in [-0.2, -0.15) is 5.26 Å². The molecule has 4 rings (SSSR count). The largest absolute Gasteiger partial charge is 0.465 e. The van der Waals surface area contributed by atoms with Crippen molar-refractivity contribution in [2.24, 2.45) is 0 Å². The molecule has 176 valence electrons. The van der Waals surface area contributed by atoms with Gasteiger partial charge in [0.05, 0.1) is 11.6 Å². The summed E-state index contributed by atoms with van der Waals surface area (Å²) in [5.74, 6) is -0.306. The SMILES string of the molecule is N#Cc1ccc(NC(=O)NCc2cccc(C(=O)Nc3ccc4c(c3)CN(C(=O)O)CC4)c2)cc1. The van der Waals surface area contributed by atoms with Gasteiger partial charge in [-0.1, -0.05) is 18.2 Å². The fraction of sp³-hybridized carbons (Fsp3) is 0.154. The lowest BCUT2D eigenvalue weighted by Gasteiger charge is -2.26. The van der Waals surface area contributed by atoms with Crippen molar-refractivity contribution < 1.29 is 19.5 Å². The second-order valence-electron chi connectivity index (χ2n) is 8.09. The Kier molecular flexibility index (Phi) is 6.93. The molecule has 35 heavy (non-hydrogen) atoms. The summed E-state index contributed by atoms with van der Waals surface area (Å²) in [5.41, 5.74) is 4.79. The summed E-state index contributed by atoms with van der Waals surface area (Å²) in [7, 11) is 0. The number of carboxylic acid groups (broad SMARTS) is 1. The van der Waals surface area contributed by atoms with E-state index in [1.807, 2.05) is 18.2 Å². The first-order valence-electron chi connectivity index (χ1n) is 11.0. The number of fused-ring (bicyclic) bond motifs is 1. The lowest BCUT2D eigenvalue weighted by molar-refractivity contribution is 0.102. The Morgan fingerprint density at radius 1 is 0.943 bits per heavy atom. The Hall–Kier alpha value is -4.84. The predicted molar refractivity (Wildman–Crippen MR) is 130 cm³/mol. The zero-order valence-electron chi connectivity index (χ0n) is 18.7. The predicted octanol–water partition coefficient (Wildman–Crippen LogP) is 4.17. The smallest absolute Gasteiger partial charge is 0.407 e. The van der Waals surface area contributed by atoms with Crippen molar-refractivity contribution in [3.63, 3.8) is 0 Å². The van der Waals surface area contributed by atoms with Gasteiger partial charge in [-0.25, -0.2) is 9.59 Å². The zero-order valence-corrected chi connectivity index (χ0v) is 18.7. The van der Waals surface area contributed by atoms with E-state index < -0.39 is 12.1 Å². The molecule has 0 radical (unpaired) electrons. The third-order valence-corrected chi connectivity index (χ3v) is 5.66. The first-order valence-corrected chi connectivity index (χ1v) is 11.0. The highest BCUT2D eigenvalue weighted by Crippen LogP contribution is 2.23. The van der Waals surface area contributed by atoms with Crippen LogP contribution in [0.25, 0.3) is 0 Å². The Morgan fingerprint density at radius 2 is 1.71 bits per heavy atom. The topological polar surface area (TPSA) is 135 Å². The van der Waals surface area contributed by atoms with Gasteiger partial charge in [0.1, 0.15) is 0 Å². The molecule has 1 aliphatic heterocycles. The van der Waals surface area contributed by atoms with Gasteiger partial charge in [-0.15, -0.1) is 0 Å². The van der Waals surface area contributed by atoms with Crippen LogP contribution in [0.4, 0.5) is 21.0 Å². The van der Waals surface area contributed by atoms with E-state index >= 15 is 0 Å². The van der Waals surface area contributed by atoms with Crippen LogP contribution >= 0.6 is 0 Å². The molecule has 0 aromatic heterocycles.